The van der Waals surface area contributed by atoms with Gasteiger partial charge >= 0.3 is 0 Å². The number of anilines is 2. The quantitative estimate of drug-likeness (QED) is 0.431. The predicted octanol–water partition coefficient (Wildman–Crippen LogP) is 6.22. The van der Waals surface area contributed by atoms with E-state index < -0.39 is 0 Å². The summed E-state index contributed by atoms with van der Waals surface area (Å²) >= 11 is 0. The molecule has 1 saturated carbocycles. The van der Waals surface area contributed by atoms with Crippen LogP contribution in [0.5, 0.6) is 5.75 Å². The Balaban J connectivity index is 1.32. The normalized spacial score (nSPS) is 13.8. The van der Waals surface area contributed by atoms with Gasteiger partial charge in [0, 0.05) is 11.1 Å². The molecule has 1 fully saturated rings. The first-order valence-electron chi connectivity index (χ1n) is 10.1. The Morgan fingerprint density at radius 2 is 1.72 bits per heavy atom. The lowest BCUT2D eigenvalue weighted by Crippen LogP contribution is -2.08. The summed E-state index contributed by atoms with van der Waals surface area (Å²) in [5, 5.41) is 4.51. The van der Waals surface area contributed by atoms with Crippen LogP contribution in [-0.2, 0) is 6.61 Å². The minimum absolute atomic E-state index is 0.564. The smallest absolute Gasteiger partial charge is 0.141 e. The van der Waals surface area contributed by atoms with Crippen LogP contribution in [0.25, 0.3) is 10.9 Å². The molecule has 0 unspecified atom stereocenters. The van der Waals surface area contributed by atoms with Crippen molar-refractivity contribution >= 4 is 22.4 Å². The van der Waals surface area contributed by atoms with E-state index in [1.165, 1.54) is 24.8 Å². The lowest BCUT2D eigenvalue weighted by molar-refractivity contribution is 0.306. The molecule has 0 amide bonds. The van der Waals surface area contributed by atoms with E-state index in [9.17, 15) is 0 Å². The molecule has 0 saturated heterocycles. The molecule has 3 aromatic carbocycles. The summed E-state index contributed by atoms with van der Waals surface area (Å²) in [7, 11) is 0. The lowest BCUT2D eigenvalue weighted by atomic mass is 9.80. The number of nitrogens with one attached hydrogen (secondary N) is 1. The predicted molar refractivity (Wildman–Crippen MR) is 117 cm³/mol. The fourth-order valence-electron chi connectivity index (χ4n) is 3.68. The van der Waals surface area contributed by atoms with Gasteiger partial charge in [-0.2, -0.15) is 0 Å². The topological polar surface area (TPSA) is 47.0 Å². The Bertz CT molecular complexity index is 1110. The molecular formula is C25H23N3O. The molecule has 4 nitrogen and oxygen atoms in total. The van der Waals surface area contributed by atoms with Crippen molar-refractivity contribution in [3.63, 3.8) is 0 Å². The van der Waals surface area contributed by atoms with Crippen molar-refractivity contribution in [2.45, 2.75) is 31.8 Å². The minimum atomic E-state index is 0.564. The maximum atomic E-state index is 5.87. The molecule has 1 aliphatic rings. The first-order valence-corrected chi connectivity index (χ1v) is 10.1. The number of hydrogen-bond donors (Lipinski definition) is 1. The van der Waals surface area contributed by atoms with Gasteiger partial charge in [0.2, 0.25) is 0 Å². The molecule has 1 aliphatic carbocycles. The van der Waals surface area contributed by atoms with Crippen LogP contribution >= 0.6 is 0 Å². The Kier molecular flexibility index (Phi) is 4.83. The van der Waals surface area contributed by atoms with Crippen LogP contribution in [0, 0.1) is 0 Å². The summed E-state index contributed by atoms with van der Waals surface area (Å²) in [6.45, 7) is 0.564. The third-order valence-corrected chi connectivity index (χ3v) is 5.60. The summed E-state index contributed by atoms with van der Waals surface area (Å²) in [5.74, 6) is 2.38. The largest absolute Gasteiger partial charge is 0.489 e. The summed E-state index contributed by atoms with van der Waals surface area (Å²) in [6, 6.07) is 24.7. The van der Waals surface area contributed by atoms with Crippen molar-refractivity contribution in [1.29, 1.82) is 0 Å². The molecule has 0 radical (unpaired) electrons. The zero-order valence-corrected chi connectivity index (χ0v) is 16.2. The number of rotatable bonds is 6. The molecular weight excluding hydrogens is 358 g/mol. The number of benzene rings is 3. The van der Waals surface area contributed by atoms with Crippen LogP contribution in [0.3, 0.4) is 0 Å². The van der Waals surface area contributed by atoms with Gasteiger partial charge in [-0.05, 0) is 66.3 Å². The molecule has 0 spiro atoms. The van der Waals surface area contributed by atoms with Crippen molar-refractivity contribution in [3.05, 3.63) is 90.3 Å². The van der Waals surface area contributed by atoms with E-state index in [0.717, 1.165) is 33.7 Å². The first kappa shape index (κ1) is 17.7. The minimum Gasteiger partial charge on any atom is -0.489 e. The third kappa shape index (κ3) is 3.92. The van der Waals surface area contributed by atoms with Crippen molar-refractivity contribution in [1.82, 2.24) is 9.97 Å². The van der Waals surface area contributed by atoms with E-state index in [1.54, 1.807) is 6.33 Å². The van der Waals surface area contributed by atoms with Gasteiger partial charge in [-0.3, -0.25) is 0 Å². The zero-order chi connectivity index (χ0) is 19.5. The second kappa shape index (κ2) is 7.92. The van der Waals surface area contributed by atoms with E-state index in [2.05, 4.69) is 45.6 Å². The number of nitrogens with zero attached hydrogens (tertiary/aromatic N) is 2. The molecule has 29 heavy (non-hydrogen) atoms. The summed E-state index contributed by atoms with van der Waals surface area (Å²) in [4.78, 5) is 8.92. The van der Waals surface area contributed by atoms with Gasteiger partial charge in [0.25, 0.3) is 0 Å². The Morgan fingerprint density at radius 3 is 2.48 bits per heavy atom. The van der Waals surface area contributed by atoms with Gasteiger partial charge in [-0.15, -0.1) is 0 Å². The number of hydrogen-bond acceptors (Lipinski definition) is 4. The fourth-order valence-corrected chi connectivity index (χ4v) is 3.68. The van der Waals surface area contributed by atoms with Crippen LogP contribution in [0.1, 0.15) is 36.3 Å². The number of aromatic nitrogens is 2. The van der Waals surface area contributed by atoms with Gasteiger partial charge < -0.3 is 10.1 Å². The van der Waals surface area contributed by atoms with E-state index in [4.69, 9.17) is 4.74 Å². The van der Waals surface area contributed by atoms with Crippen LogP contribution in [-0.4, -0.2) is 9.97 Å². The molecule has 1 aromatic heterocycles. The Morgan fingerprint density at radius 1 is 0.897 bits per heavy atom. The van der Waals surface area contributed by atoms with E-state index in [0.29, 0.717) is 12.5 Å². The molecule has 1 N–H and O–H groups in total. The Hall–Kier alpha value is -3.40. The average Bonchev–Trinajstić information content (AvgIpc) is 2.73. The van der Waals surface area contributed by atoms with Gasteiger partial charge in [0.1, 0.15) is 24.5 Å². The maximum Gasteiger partial charge on any atom is 0.141 e. The SMILES string of the molecule is c1ccc(COc2ccc(Nc3ncnc4ccc(C5CCC5)cc34)cc2)cc1. The average molecular weight is 381 g/mol. The van der Waals surface area contributed by atoms with Crippen LogP contribution in [0.4, 0.5) is 11.5 Å². The Labute approximate surface area is 170 Å². The first-order chi connectivity index (χ1) is 14.3. The van der Waals surface area contributed by atoms with Crippen molar-refractivity contribution < 1.29 is 4.74 Å². The number of fused-ring (bicyclic) bond motifs is 1. The van der Waals surface area contributed by atoms with Crippen molar-refractivity contribution in [2.24, 2.45) is 0 Å². The van der Waals surface area contributed by atoms with Gasteiger partial charge in [0.05, 0.1) is 5.52 Å². The monoisotopic (exact) mass is 381 g/mol. The highest BCUT2D eigenvalue weighted by molar-refractivity contribution is 5.91. The second-order valence-electron chi connectivity index (χ2n) is 7.55. The van der Waals surface area contributed by atoms with Crippen LogP contribution in [0.15, 0.2) is 79.1 Å². The molecule has 4 heteroatoms. The van der Waals surface area contributed by atoms with Crippen molar-refractivity contribution in [2.75, 3.05) is 5.32 Å². The summed E-state index contributed by atoms with van der Waals surface area (Å²) < 4.78 is 5.87. The molecule has 5 rings (SSSR count). The van der Waals surface area contributed by atoms with Gasteiger partial charge in [0.15, 0.2) is 0 Å². The van der Waals surface area contributed by atoms with Crippen LogP contribution in [0.2, 0.25) is 0 Å². The highest BCUT2D eigenvalue weighted by Crippen LogP contribution is 2.38. The van der Waals surface area contributed by atoms with E-state index in [1.807, 2.05) is 42.5 Å². The van der Waals surface area contributed by atoms with Crippen LogP contribution < -0.4 is 10.1 Å². The maximum absolute atomic E-state index is 5.87. The van der Waals surface area contributed by atoms with Gasteiger partial charge in [-0.25, -0.2) is 9.97 Å². The third-order valence-electron chi connectivity index (χ3n) is 5.60. The standard InChI is InChI=1S/C25H23N3O/c1-2-5-18(6-3-1)16-29-22-12-10-21(11-13-22)28-25-23-15-20(19-7-4-8-19)9-14-24(23)26-17-27-25/h1-3,5-6,9-15,17,19H,4,7-8,16H2,(H,26,27,28). The molecule has 0 aliphatic heterocycles. The summed E-state index contributed by atoms with van der Waals surface area (Å²) in [5.41, 5.74) is 4.50. The fraction of sp³-hybridized carbons (Fsp3) is 0.200. The molecule has 0 atom stereocenters. The number of ether oxygens (including phenoxy) is 1. The summed E-state index contributed by atoms with van der Waals surface area (Å²) in [6.07, 6.45) is 5.52. The van der Waals surface area contributed by atoms with E-state index >= 15 is 0 Å². The lowest BCUT2D eigenvalue weighted by Gasteiger charge is -2.26. The van der Waals surface area contributed by atoms with E-state index in [-0.39, 0.29) is 0 Å². The highest BCUT2D eigenvalue weighted by Gasteiger charge is 2.20. The molecule has 144 valence electrons. The van der Waals surface area contributed by atoms with Gasteiger partial charge in [-0.1, -0.05) is 42.8 Å². The second-order valence-corrected chi connectivity index (χ2v) is 7.55. The molecule has 1 heterocycles. The van der Waals surface area contributed by atoms with Crippen molar-refractivity contribution in [3.8, 4) is 5.75 Å². The molecule has 0 bridgehead atoms. The highest BCUT2D eigenvalue weighted by atomic mass is 16.5. The zero-order valence-electron chi connectivity index (χ0n) is 16.2. The molecule has 4 aromatic rings.